The number of hydrogen-bond acceptors (Lipinski definition) is 3. The number of carbonyl (C=O) groups is 1. The normalized spacial score (nSPS) is 10.7. The van der Waals surface area contributed by atoms with Crippen molar-refractivity contribution < 1.29 is 14.6 Å². The summed E-state index contributed by atoms with van der Waals surface area (Å²) in [6.45, 7) is 0.740. The van der Waals surface area contributed by atoms with Crippen molar-refractivity contribution in [3.8, 4) is 0 Å². The molecule has 0 radical (unpaired) electrons. The van der Waals surface area contributed by atoms with Crippen molar-refractivity contribution in [2.75, 3.05) is 13.7 Å². The lowest BCUT2D eigenvalue weighted by molar-refractivity contribution is 0.0696. The number of pyridine rings is 1. The predicted octanol–water partition coefficient (Wildman–Crippen LogP) is 2.51. The Morgan fingerprint density at radius 3 is 2.94 bits per heavy atom. The summed E-state index contributed by atoms with van der Waals surface area (Å²) < 4.78 is 5.01. The Balaban J connectivity index is 2.24. The van der Waals surface area contributed by atoms with Crippen LogP contribution >= 0.6 is 0 Å². The van der Waals surface area contributed by atoms with Crippen LogP contribution in [-0.4, -0.2) is 29.8 Å². The molecule has 0 bridgehead atoms. The third-order valence-electron chi connectivity index (χ3n) is 2.81. The molecule has 0 aliphatic carbocycles. The Morgan fingerprint density at radius 1 is 1.39 bits per heavy atom. The number of carboxylic acid groups (broad SMARTS) is 1. The fourth-order valence-electron chi connectivity index (χ4n) is 1.86. The van der Waals surface area contributed by atoms with Crippen LogP contribution < -0.4 is 0 Å². The van der Waals surface area contributed by atoms with Crippen LogP contribution in [0.2, 0.25) is 0 Å². The van der Waals surface area contributed by atoms with Crippen molar-refractivity contribution in [2.45, 2.75) is 12.8 Å². The first-order chi connectivity index (χ1) is 8.70. The number of aryl methyl sites for hydroxylation is 1. The van der Waals surface area contributed by atoms with Crippen LogP contribution in [0, 0.1) is 0 Å². The number of aromatic carboxylic acids is 1. The molecule has 1 aromatic carbocycles. The van der Waals surface area contributed by atoms with E-state index in [9.17, 15) is 4.79 Å². The summed E-state index contributed by atoms with van der Waals surface area (Å²) in [4.78, 5) is 15.0. The van der Waals surface area contributed by atoms with Crippen LogP contribution in [-0.2, 0) is 11.2 Å². The SMILES string of the molecule is COCCCc1ccc2cc(C(=O)O)cnc2c1. The van der Waals surface area contributed by atoms with Gasteiger partial charge in [-0.25, -0.2) is 4.79 Å². The van der Waals surface area contributed by atoms with Gasteiger partial charge in [0.25, 0.3) is 0 Å². The molecule has 1 heterocycles. The van der Waals surface area contributed by atoms with Crippen LogP contribution in [0.1, 0.15) is 22.3 Å². The molecule has 0 unspecified atom stereocenters. The number of methoxy groups -OCH3 is 1. The third kappa shape index (κ3) is 2.84. The number of hydrogen-bond donors (Lipinski definition) is 1. The van der Waals surface area contributed by atoms with E-state index in [0.29, 0.717) is 0 Å². The maximum Gasteiger partial charge on any atom is 0.337 e. The van der Waals surface area contributed by atoms with E-state index in [-0.39, 0.29) is 5.56 Å². The molecule has 4 nitrogen and oxygen atoms in total. The number of fused-ring (bicyclic) bond motifs is 1. The molecular formula is C14H15NO3. The zero-order valence-corrected chi connectivity index (χ0v) is 10.2. The highest BCUT2D eigenvalue weighted by molar-refractivity contribution is 5.92. The highest BCUT2D eigenvalue weighted by Gasteiger charge is 2.05. The van der Waals surface area contributed by atoms with Gasteiger partial charge in [0.1, 0.15) is 0 Å². The van der Waals surface area contributed by atoms with E-state index in [4.69, 9.17) is 9.84 Å². The summed E-state index contributed by atoms with van der Waals surface area (Å²) in [5, 5.41) is 9.74. The molecule has 0 amide bonds. The number of ether oxygens (including phenoxy) is 1. The smallest absolute Gasteiger partial charge is 0.337 e. The first kappa shape index (κ1) is 12.5. The van der Waals surface area contributed by atoms with Gasteiger partial charge in [-0.05, 0) is 30.5 Å². The molecule has 0 spiro atoms. The molecule has 0 atom stereocenters. The lowest BCUT2D eigenvalue weighted by Gasteiger charge is -2.04. The van der Waals surface area contributed by atoms with Gasteiger partial charge in [-0.15, -0.1) is 0 Å². The molecule has 0 saturated carbocycles. The van der Waals surface area contributed by atoms with Crippen molar-refractivity contribution in [1.82, 2.24) is 4.98 Å². The van der Waals surface area contributed by atoms with Gasteiger partial charge in [0.2, 0.25) is 0 Å². The predicted molar refractivity (Wildman–Crippen MR) is 68.9 cm³/mol. The third-order valence-corrected chi connectivity index (χ3v) is 2.81. The van der Waals surface area contributed by atoms with Crippen molar-refractivity contribution in [3.63, 3.8) is 0 Å². The minimum Gasteiger partial charge on any atom is -0.478 e. The van der Waals surface area contributed by atoms with E-state index < -0.39 is 5.97 Å². The summed E-state index contributed by atoms with van der Waals surface area (Å²) in [7, 11) is 1.69. The first-order valence-corrected chi connectivity index (χ1v) is 5.81. The minimum atomic E-state index is -0.950. The Kier molecular flexibility index (Phi) is 3.89. The van der Waals surface area contributed by atoms with E-state index in [1.54, 1.807) is 13.2 Å². The summed E-state index contributed by atoms with van der Waals surface area (Å²) >= 11 is 0. The van der Waals surface area contributed by atoms with Crippen LogP contribution in [0.25, 0.3) is 10.9 Å². The number of carboxylic acids is 1. The van der Waals surface area contributed by atoms with E-state index >= 15 is 0 Å². The fourth-order valence-corrected chi connectivity index (χ4v) is 1.86. The van der Waals surface area contributed by atoms with Gasteiger partial charge in [0, 0.05) is 25.3 Å². The molecule has 4 heteroatoms. The lowest BCUT2D eigenvalue weighted by atomic mass is 10.1. The maximum absolute atomic E-state index is 10.8. The van der Waals surface area contributed by atoms with E-state index in [2.05, 4.69) is 4.98 Å². The maximum atomic E-state index is 10.8. The Morgan fingerprint density at radius 2 is 2.22 bits per heavy atom. The van der Waals surface area contributed by atoms with Crippen LogP contribution in [0.15, 0.2) is 30.5 Å². The second-order valence-electron chi connectivity index (χ2n) is 4.15. The van der Waals surface area contributed by atoms with Crippen molar-refractivity contribution >= 4 is 16.9 Å². The molecule has 1 aromatic heterocycles. The number of aromatic nitrogens is 1. The fraction of sp³-hybridized carbons (Fsp3) is 0.286. The molecule has 2 rings (SSSR count). The number of rotatable bonds is 5. The molecular weight excluding hydrogens is 230 g/mol. The highest BCUT2D eigenvalue weighted by Crippen LogP contribution is 2.16. The van der Waals surface area contributed by atoms with Crippen molar-refractivity contribution in [2.24, 2.45) is 0 Å². The Bertz CT molecular complexity index is 566. The summed E-state index contributed by atoms with van der Waals surface area (Å²) in [6.07, 6.45) is 3.30. The topological polar surface area (TPSA) is 59.4 Å². The summed E-state index contributed by atoms with van der Waals surface area (Å²) in [6, 6.07) is 7.56. The zero-order valence-electron chi connectivity index (χ0n) is 10.2. The average Bonchev–Trinajstić information content (AvgIpc) is 2.38. The molecule has 94 valence electrons. The largest absolute Gasteiger partial charge is 0.478 e. The molecule has 1 N–H and O–H groups in total. The van der Waals surface area contributed by atoms with Crippen molar-refractivity contribution in [1.29, 1.82) is 0 Å². The standard InChI is InChI=1S/C14H15NO3/c1-18-6-2-3-10-4-5-11-8-12(14(16)17)9-15-13(11)7-10/h4-5,7-9H,2-3,6H2,1H3,(H,16,17). The quantitative estimate of drug-likeness (QED) is 0.822. The second-order valence-corrected chi connectivity index (χ2v) is 4.15. The van der Waals surface area contributed by atoms with Gasteiger partial charge >= 0.3 is 5.97 Å². The first-order valence-electron chi connectivity index (χ1n) is 5.81. The van der Waals surface area contributed by atoms with Gasteiger partial charge in [0.05, 0.1) is 11.1 Å². The van der Waals surface area contributed by atoms with Gasteiger partial charge in [-0.2, -0.15) is 0 Å². The van der Waals surface area contributed by atoms with Gasteiger partial charge in [0.15, 0.2) is 0 Å². The van der Waals surface area contributed by atoms with Crippen molar-refractivity contribution in [3.05, 3.63) is 41.6 Å². The van der Waals surface area contributed by atoms with Crippen LogP contribution in [0.4, 0.5) is 0 Å². The molecule has 0 aliphatic heterocycles. The average molecular weight is 245 g/mol. The monoisotopic (exact) mass is 245 g/mol. The van der Waals surface area contributed by atoms with Gasteiger partial charge in [-0.3, -0.25) is 4.98 Å². The lowest BCUT2D eigenvalue weighted by Crippen LogP contribution is -1.97. The second kappa shape index (κ2) is 5.60. The molecule has 2 aromatic rings. The van der Waals surface area contributed by atoms with Gasteiger partial charge in [-0.1, -0.05) is 12.1 Å². The van der Waals surface area contributed by atoms with E-state index in [1.165, 1.54) is 11.8 Å². The Labute approximate surface area is 105 Å². The molecule has 0 fully saturated rings. The molecule has 0 aliphatic rings. The minimum absolute atomic E-state index is 0.217. The van der Waals surface area contributed by atoms with E-state index in [1.807, 2.05) is 18.2 Å². The molecule has 18 heavy (non-hydrogen) atoms. The highest BCUT2D eigenvalue weighted by atomic mass is 16.5. The van der Waals surface area contributed by atoms with Gasteiger partial charge < -0.3 is 9.84 Å². The number of benzene rings is 1. The van der Waals surface area contributed by atoms with E-state index in [0.717, 1.165) is 30.4 Å². The van der Waals surface area contributed by atoms with Crippen LogP contribution in [0.5, 0.6) is 0 Å². The van der Waals surface area contributed by atoms with Crippen LogP contribution in [0.3, 0.4) is 0 Å². The zero-order chi connectivity index (χ0) is 13.0. The Hall–Kier alpha value is -1.94. The summed E-state index contributed by atoms with van der Waals surface area (Å²) in [5.74, 6) is -0.950. The molecule has 0 saturated heterocycles. The number of nitrogens with zero attached hydrogens (tertiary/aromatic N) is 1. The summed E-state index contributed by atoms with van der Waals surface area (Å²) in [5.41, 5.74) is 2.24.